The molecule has 0 saturated carbocycles. The SMILES string of the molecule is C=CCN(C(C)(C)C)S(=O)(=O)c1cc(CNC)oc1C. The van der Waals surface area contributed by atoms with Crippen LogP contribution < -0.4 is 5.32 Å². The molecule has 0 bridgehead atoms. The second kappa shape index (κ2) is 6.11. The predicted molar refractivity (Wildman–Crippen MR) is 80.1 cm³/mol. The van der Waals surface area contributed by atoms with Gasteiger partial charge in [0.1, 0.15) is 16.4 Å². The minimum absolute atomic E-state index is 0.222. The quantitative estimate of drug-likeness (QED) is 0.819. The molecule has 1 aromatic heterocycles. The van der Waals surface area contributed by atoms with Gasteiger partial charge in [-0.15, -0.1) is 6.58 Å². The predicted octanol–water partition coefficient (Wildman–Crippen LogP) is 2.28. The van der Waals surface area contributed by atoms with Crippen LogP contribution in [0.1, 0.15) is 32.3 Å². The van der Waals surface area contributed by atoms with Gasteiger partial charge in [-0.05, 0) is 34.7 Å². The molecule has 5 nitrogen and oxygen atoms in total. The fourth-order valence-corrected chi connectivity index (χ4v) is 3.96. The Bertz CT molecular complexity index is 568. The summed E-state index contributed by atoms with van der Waals surface area (Å²) in [6.07, 6.45) is 1.59. The summed E-state index contributed by atoms with van der Waals surface area (Å²) in [5.41, 5.74) is -0.528. The molecule has 0 aromatic carbocycles. The zero-order valence-corrected chi connectivity index (χ0v) is 13.7. The Morgan fingerprint density at radius 2 is 2.05 bits per heavy atom. The number of nitrogens with one attached hydrogen (secondary N) is 1. The summed E-state index contributed by atoms with van der Waals surface area (Å²) in [7, 11) is -1.83. The zero-order chi connectivity index (χ0) is 15.6. The molecule has 1 heterocycles. The van der Waals surface area contributed by atoms with Crippen LogP contribution >= 0.6 is 0 Å². The summed E-state index contributed by atoms with van der Waals surface area (Å²) < 4.78 is 32.5. The van der Waals surface area contributed by atoms with Crippen LogP contribution in [0.3, 0.4) is 0 Å². The molecule has 1 N–H and O–H groups in total. The van der Waals surface area contributed by atoms with Crippen molar-refractivity contribution < 1.29 is 12.8 Å². The van der Waals surface area contributed by atoms with Crippen molar-refractivity contribution in [3.05, 3.63) is 30.2 Å². The van der Waals surface area contributed by atoms with Crippen LogP contribution in [0, 0.1) is 6.92 Å². The summed E-state index contributed by atoms with van der Waals surface area (Å²) in [5.74, 6) is 1.02. The summed E-state index contributed by atoms with van der Waals surface area (Å²) in [6.45, 7) is 11.6. The average Bonchev–Trinajstić information content (AvgIpc) is 2.66. The van der Waals surface area contributed by atoms with Gasteiger partial charge < -0.3 is 9.73 Å². The minimum atomic E-state index is -3.61. The topological polar surface area (TPSA) is 62.6 Å². The van der Waals surface area contributed by atoms with Crippen molar-refractivity contribution in [2.75, 3.05) is 13.6 Å². The van der Waals surface area contributed by atoms with Gasteiger partial charge in [0.2, 0.25) is 10.0 Å². The van der Waals surface area contributed by atoms with E-state index in [1.165, 1.54) is 4.31 Å². The van der Waals surface area contributed by atoms with Crippen molar-refractivity contribution in [1.82, 2.24) is 9.62 Å². The van der Waals surface area contributed by atoms with Crippen molar-refractivity contribution >= 4 is 10.0 Å². The van der Waals surface area contributed by atoms with Crippen LogP contribution in [-0.4, -0.2) is 31.9 Å². The Morgan fingerprint density at radius 1 is 1.45 bits per heavy atom. The maximum absolute atomic E-state index is 12.8. The van der Waals surface area contributed by atoms with Gasteiger partial charge >= 0.3 is 0 Å². The van der Waals surface area contributed by atoms with E-state index >= 15 is 0 Å². The van der Waals surface area contributed by atoms with Crippen LogP contribution in [-0.2, 0) is 16.6 Å². The maximum Gasteiger partial charge on any atom is 0.247 e. The molecule has 6 heteroatoms. The molecule has 1 rings (SSSR count). The minimum Gasteiger partial charge on any atom is -0.464 e. The van der Waals surface area contributed by atoms with E-state index in [4.69, 9.17) is 4.42 Å². The normalized spacial score (nSPS) is 12.9. The lowest BCUT2D eigenvalue weighted by Crippen LogP contribution is -2.45. The standard InChI is InChI=1S/C14H24N2O3S/c1-7-8-16(14(3,4)5)20(17,18)13-9-12(10-15-6)19-11(13)2/h7,9,15H,1,8,10H2,2-6H3. The number of rotatable bonds is 6. The van der Waals surface area contributed by atoms with Crippen molar-refractivity contribution in [1.29, 1.82) is 0 Å². The summed E-state index contributed by atoms with van der Waals surface area (Å²) in [6, 6.07) is 1.59. The monoisotopic (exact) mass is 300 g/mol. The van der Waals surface area contributed by atoms with Gasteiger partial charge in [-0.2, -0.15) is 4.31 Å². The van der Waals surface area contributed by atoms with Gasteiger partial charge in [-0.3, -0.25) is 0 Å². The van der Waals surface area contributed by atoms with Crippen molar-refractivity contribution in [3.8, 4) is 0 Å². The molecule has 0 fully saturated rings. The molecule has 20 heavy (non-hydrogen) atoms. The van der Waals surface area contributed by atoms with Gasteiger partial charge in [0.15, 0.2) is 0 Å². The molecule has 114 valence electrons. The highest BCUT2D eigenvalue weighted by atomic mass is 32.2. The molecule has 0 spiro atoms. The Balaban J connectivity index is 3.29. The fourth-order valence-electron chi connectivity index (χ4n) is 2.01. The highest BCUT2D eigenvalue weighted by Crippen LogP contribution is 2.28. The smallest absolute Gasteiger partial charge is 0.247 e. The Kier molecular flexibility index (Phi) is 5.18. The van der Waals surface area contributed by atoms with Gasteiger partial charge in [0, 0.05) is 18.2 Å². The number of hydrogen-bond donors (Lipinski definition) is 1. The van der Waals surface area contributed by atoms with E-state index in [2.05, 4.69) is 11.9 Å². The zero-order valence-electron chi connectivity index (χ0n) is 12.9. The molecule has 1 aromatic rings. The average molecular weight is 300 g/mol. The number of hydrogen-bond acceptors (Lipinski definition) is 4. The van der Waals surface area contributed by atoms with Crippen LogP contribution in [0.2, 0.25) is 0 Å². The first-order valence-corrected chi connectivity index (χ1v) is 7.96. The van der Waals surface area contributed by atoms with E-state index < -0.39 is 15.6 Å². The fraction of sp³-hybridized carbons (Fsp3) is 0.571. The van der Waals surface area contributed by atoms with E-state index in [0.717, 1.165) is 0 Å². The van der Waals surface area contributed by atoms with Crippen molar-refractivity contribution in [3.63, 3.8) is 0 Å². The van der Waals surface area contributed by atoms with Crippen LogP contribution in [0.15, 0.2) is 28.0 Å². The molecule has 0 aliphatic carbocycles. The van der Waals surface area contributed by atoms with E-state index in [0.29, 0.717) is 18.1 Å². The third-order valence-electron chi connectivity index (χ3n) is 2.89. The van der Waals surface area contributed by atoms with Gasteiger partial charge in [0.05, 0.1) is 6.54 Å². The Morgan fingerprint density at radius 3 is 2.50 bits per heavy atom. The Labute approximate surface area is 121 Å². The first kappa shape index (κ1) is 16.9. The number of aryl methyl sites for hydroxylation is 1. The molecule has 0 aliphatic heterocycles. The second-order valence-corrected chi connectivity index (χ2v) is 7.49. The van der Waals surface area contributed by atoms with E-state index in [1.54, 1.807) is 26.1 Å². The Hall–Kier alpha value is -1.11. The first-order valence-electron chi connectivity index (χ1n) is 6.52. The van der Waals surface area contributed by atoms with E-state index in [-0.39, 0.29) is 11.4 Å². The molecule has 0 atom stereocenters. The summed E-state index contributed by atoms with van der Waals surface area (Å²) >= 11 is 0. The van der Waals surface area contributed by atoms with Gasteiger partial charge in [-0.1, -0.05) is 6.08 Å². The lowest BCUT2D eigenvalue weighted by atomic mass is 10.1. The summed E-state index contributed by atoms with van der Waals surface area (Å²) in [4.78, 5) is 0.222. The first-order chi connectivity index (χ1) is 9.14. The molecular weight excluding hydrogens is 276 g/mol. The molecule has 0 aliphatic rings. The highest BCUT2D eigenvalue weighted by Gasteiger charge is 2.35. The lowest BCUT2D eigenvalue weighted by Gasteiger charge is -2.33. The van der Waals surface area contributed by atoms with E-state index in [9.17, 15) is 8.42 Å². The molecule has 0 amide bonds. The van der Waals surface area contributed by atoms with E-state index in [1.807, 2.05) is 20.8 Å². The number of nitrogens with zero attached hydrogens (tertiary/aromatic N) is 1. The van der Waals surface area contributed by atoms with Crippen molar-refractivity contribution in [2.24, 2.45) is 0 Å². The molecule has 0 unspecified atom stereocenters. The number of sulfonamides is 1. The molecule has 0 saturated heterocycles. The second-order valence-electron chi connectivity index (χ2n) is 5.66. The van der Waals surface area contributed by atoms with Gasteiger partial charge in [-0.25, -0.2) is 8.42 Å². The van der Waals surface area contributed by atoms with Crippen LogP contribution in [0.25, 0.3) is 0 Å². The maximum atomic E-state index is 12.8. The van der Waals surface area contributed by atoms with Gasteiger partial charge in [0.25, 0.3) is 0 Å². The summed E-state index contributed by atoms with van der Waals surface area (Å²) in [5, 5.41) is 2.94. The third-order valence-corrected chi connectivity index (χ3v) is 5.12. The van der Waals surface area contributed by atoms with Crippen LogP contribution in [0.4, 0.5) is 0 Å². The highest BCUT2D eigenvalue weighted by molar-refractivity contribution is 7.89. The largest absolute Gasteiger partial charge is 0.464 e. The molecular formula is C14H24N2O3S. The molecule has 0 radical (unpaired) electrons. The van der Waals surface area contributed by atoms with Crippen LogP contribution in [0.5, 0.6) is 0 Å². The third kappa shape index (κ3) is 3.50. The number of furan rings is 1. The lowest BCUT2D eigenvalue weighted by molar-refractivity contribution is 0.269. The van der Waals surface area contributed by atoms with Crippen molar-refractivity contribution in [2.45, 2.75) is 44.7 Å².